The van der Waals surface area contributed by atoms with Gasteiger partial charge in [-0.3, -0.25) is 0 Å². The van der Waals surface area contributed by atoms with Gasteiger partial charge in [0.2, 0.25) is 10.0 Å². The molecule has 0 saturated carbocycles. The molecule has 0 unspecified atom stereocenters. The summed E-state index contributed by atoms with van der Waals surface area (Å²) in [4.78, 5) is 11.8. The Kier molecular flexibility index (Phi) is 6.14. The van der Waals surface area contributed by atoms with Crippen LogP contribution in [0.1, 0.15) is 35.2 Å². The number of halogens is 2. The van der Waals surface area contributed by atoms with Crippen molar-refractivity contribution < 1.29 is 22.3 Å². The van der Waals surface area contributed by atoms with Crippen molar-refractivity contribution in [2.75, 3.05) is 13.1 Å². The van der Waals surface area contributed by atoms with Gasteiger partial charge in [-0.15, -0.1) is 0 Å². The zero-order valence-corrected chi connectivity index (χ0v) is 16.1. The molecule has 0 bridgehead atoms. The van der Waals surface area contributed by atoms with E-state index >= 15 is 0 Å². The highest BCUT2D eigenvalue weighted by Gasteiger charge is 2.29. The Labute approximate surface area is 162 Å². The molecule has 1 saturated heterocycles. The Morgan fingerprint density at radius 2 is 1.74 bits per heavy atom. The number of esters is 1. The van der Waals surface area contributed by atoms with Crippen LogP contribution in [0.4, 0.5) is 4.39 Å². The van der Waals surface area contributed by atoms with Gasteiger partial charge in [-0.2, -0.15) is 4.31 Å². The molecule has 5 nitrogen and oxygen atoms in total. The zero-order valence-electron chi connectivity index (χ0n) is 14.5. The van der Waals surface area contributed by atoms with E-state index in [9.17, 15) is 17.6 Å². The largest absolute Gasteiger partial charge is 0.457 e. The van der Waals surface area contributed by atoms with Crippen LogP contribution in [0.5, 0.6) is 0 Å². The topological polar surface area (TPSA) is 63.7 Å². The maximum absolute atomic E-state index is 14.2. The fourth-order valence-electron chi connectivity index (χ4n) is 2.89. The molecule has 144 valence electrons. The molecular formula is C19H19ClFNO4S. The second kappa shape index (κ2) is 8.37. The van der Waals surface area contributed by atoms with E-state index in [1.54, 1.807) is 24.3 Å². The van der Waals surface area contributed by atoms with Crippen molar-refractivity contribution in [2.45, 2.75) is 30.8 Å². The summed E-state index contributed by atoms with van der Waals surface area (Å²) in [5.74, 6) is -1.60. The summed E-state index contributed by atoms with van der Waals surface area (Å²) in [5, 5.41) is 0.566. The van der Waals surface area contributed by atoms with Crippen LogP contribution in [0, 0.1) is 5.82 Å². The standard InChI is InChI=1S/C19H19ClFNO4S/c20-16-7-4-14(5-8-16)13-26-19(23)15-6-9-17(21)18(12-15)27(24,25)22-10-2-1-3-11-22/h4-9,12H,1-3,10-11,13H2. The molecule has 0 amide bonds. The fraction of sp³-hybridized carbons (Fsp3) is 0.316. The lowest BCUT2D eigenvalue weighted by atomic mass is 10.2. The number of benzene rings is 2. The summed E-state index contributed by atoms with van der Waals surface area (Å²) < 4.78 is 46.1. The van der Waals surface area contributed by atoms with E-state index in [4.69, 9.17) is 16.3 Å². The smallest absolute Gasteiger partial charge is 0.338 e. The normalized spacial score (nSPS) is 15.5. The van der Waals surface area contributed by atoms with E-state index in [2.05, 4.69) is 0 Å². The van der Waals surface area contributed by atoms with E-state index in [1.807, 2.05) is 0 Å². The summed E-state index contributed by atoms with van der Waals surface area (Å²) in [5.41, 5.74) is 0.719. The van der Waals surface area contributed by atoms with Crippen LogP contribution >= 0.6 is 11.6 Å². The van der Waals surface area contributed by atoms with E-state index in [1.165, 1.54) is 10.4 Å². The third-order valence-corrected chi connectivity index (χ3v) is 6.55. The van der Waals surface area contributed by atoms with E-state index in [-0.39, 0.29) is 12.2 Å². The maximum Gasteiger partial charge on any atom is 0.338 e. The Bertz CT molecular complexity index is 925. The van der Waals surface area contributed by atoms with Crippen LogP contribution in [-0.4, -0.2) is 31.8 Å². The summed E-state index contributed by atoms with van der Waals surface area (Å²) in [6, 6.07) is 10.0. The maximum atomic E-state index is 14.2. The minimum atomic E-state index is -3.98. The molecule has 27 heavy (non-hydrogen) atoms. The van der Waals surface area contributed by atoms with E-state index in [0.717, 1.165) is 37.0 Å². The van der Waals surface area contributed by atoms with Gasteiger partial charge in [-0.1, -0.05) is 30.2 Å². The fourth-order valence-corrected chi connectivity index (χ4v) is 4.62. The Morgan fingerprint density at radius 3 is 2.41 bits per heavy atom. The minimum Gasteiger partial charge on any atom is -0.457 e. The minimum absolute atomic E-state index is 0.00157. The van der Waals surface area contributed by atoms with Gasteiger partial charge in [0.1, 0.15) is 17.3 Å². The van der Waals surface area contributed by atoms with Crippen molar-refractivity contribution in [3.8, 4) is 0 Å². The SMILES string of the molecule is O=C(OCc1ccc(Cl)cc1)c1ccc(F)c(S(=O)(=O)N2CCCCC2)c1. The highest BCUT2D eigenvalue weighted by atomic mass is 35.5. The van der Waals surface area contributed by atoms with Crippen LogP contribution in [0.2, 0.25) is 5.02 Å². The molecular weight excluding hydrogens is 393 g/mol. The monoisotopic (exact) mass is 411 g/mol. The molecule has 0 aliphatic carbocycles. The Morgan fingerprint density at radius 1 is 1.07 bits per heavy atom. The summed E-state index contributed by atoms with van der Waals surface area (Å²) >= 11 is 5.81. The summed E-state index contributed by atoms with van der Waals surface area (Å²) in [7, 11) is -3.98. The average molecular weight is 412 g/mol. The first-order chi connectivity index (χ1) is 12.9. The number of rotatable bonds is 5. The molecule has 1 heterocycles. The number of carbonyl (C=O) groups excluding carboxylic acids is 1. The predicted octanol–water partition coefficient (Wildman–Crippen LogP) is 4.01. The van der Waals surface area contributed by atoms with Crippen LogP contribution in [0.3, 0.4) is 0 Å². The second-order valence-corrected chi connectivity index (χ2v) is 8.66. The second-order valence-electron chi connectivity index (χ2n) is 6.31. The number of ether oxygens (including phenoxy) is 1. The van der Waals surface area contributed by atoms with Crippen molar-refractivity contribution in [2.24, 2.45) is 0 Å². The highest BCUT2D eigenvalue weighted by molar-refractivity contribution is 7.89. The number of nitrogens with zero attached hydrogens (tertiary/aromatic N) is 1. The molecule has 0 aromatic heterocycles. The van der Waals surface area contributed by atoms with Crippen LogP contribution < -0.4 is 0 Å². The number of piperidine rings is 1. The Balaban J connectivity index is 1.77. The number of carbonyl (C=O) groups is 1. The predicted molar refractivity (Wildman–Crippen MR) is 99.6 cm³/mol. The molecule has 1 aliphatic rings. The van der Waals surface area contributed by atoms with Gasteiger partial charge in [0.25, 0.3) is 0 Å². The molecule has 2 aromatic carbocycles. The van der Waals surface area contributed by atoms with Crippen molar-refractivity contribution in [1.82, 2.24) is 4.31 Å². The number of sulfonamides is 1. The van der Waals surface area contributed by atoms with Gasteiger partial charge in [0.05, 0.1) is 5.56 Å². The number of hydrogen-bond acceptors (Lipinski definition) is 4. The molecule has 0 radical (unpaired) electrons. The first kappa shape index (κ1) is 19.8. The molecule has 1 aliphatic heterocycles. The lowest BCUT2D eigenvalue weighted by molar-refractivity contribution is 0.0472. The molecule has 0 spiro atoms. The summed E-state index contributed by atoms with van der Waals surface area (Å²) in [6.07, 6.45) is 2.43. The van der Waals surface area contributed by atoms with E-state index in [0.29, 0.717) is 18.1 Å². The van der Waals surface area contributed by atoms with Crippen molar-refractivity contribution in [1.29, 1.82) is 0 Å². The lowest BCUT2D eigenvalue weighted by Crippen LogP contribution is -2.36. The first-order valence-corrected chi connectivity index (χ1v) is 10.4. The van der Waals surface area contributed by atoms with Gasteiger partial charge < -0.3 is 4.74 Å². The van der Waals surface area contributed by atoms with Crippen LogP contribution in [0.15, 0.2) is 47.4 Å². The molecule has 3 rings (SSSR count). The third kappa shape index (κ3) is 4.66. The van der Waals surface area contributed by atoms with Crippen LogP contribution in [-0.2, 0) is 21.4 Å². The van der Waals surface area contributed by atoms with Gasteiger partial charge in [0, 0.05) is 18.1 Å². The van der Waals surface area contributed by atoms with Gasteiger partial charge in [-0.25, -0.2) is 17.6 Å². The van der Waals surface area contributed by atoms with Gasteiger partial charge >= 0.3 is 5.97 Å². The highest BCUT2D eigenvalue weighted by Crippen LogP contribution is 2.24. The van der Waals surface area contributed by atoms with Crippen LogP contribution in [0.25, 0.3) is 0 Å². The van der Waals surface area contributed by atoms with Gasteiger partial charge in [-0.05, 0) is 48.7 Å². The van der Waals surface area contributed by atoms with E-state index < -0.39 is 26.7 Å². The van der Waals surface area contributed by atoms with Crippen molar-refractivity contribution in [3.05, 3.63) is 64.4 Å². The molecule has 2 aromatic rings. The zero-order chi connectivity index (χ0) is 19.4. The number of hydrogen-bond donors (Lipinski definition) is 0. The summed E-state index contributed by atoms with van der Waals surface area (Å²) in [6.45, 7) is 0.710. The molecule has 1 fully saturated rings. The Hall–Kier alpha value is -1.96. The quantitative estimate of drug-likeness (QED) is 0.697. The lowest BCUT2D eigenvalue weighted by Gasteiger charge is -2.26. The first-order valence-electron chi connectivity index (χ1n) is 8.59. The third-order valence-electron chi connectivity index (χ3n) is 4.38. The molecule has 8 heteroatoms. The molecule has 0 atom stereocenters. The van der Waals surface area contributed by atoms with Crippen molar-refractivity contribution >= 4 is 27.6 Å². The van der Waals surface area contributed by atoms with Gasteiger partial charge in [0.15, 0.2) is 0 Å². The molecule has 0 N–H and O–H groups in total. The van der Waals surface area contributed by atoms with Crippen molar-refractivity contribution in [3.63, 3.8) is 0 Å². The average Bonchev–Trinajstić information content (AvgIpc) is 2.68.